The monoisotopic (exact) mass is 485 g/mol. The van der Waals surface area contributed by atoms with Crippen molar-refractivity contribution in [3.05, 3.63) is 53.6 Å². The van der Waals surface area contributed by atoms with E-state index in [9.17, 15) is 0 Å². The Balaban J connectivity index is 0.00000364. The van der Waals surface area contributed by atoms with E-state index in [0.717, 1.165) is 35.3 Å². The van der Waals surface area contributed by atoms with E-state index < -0.39 is 0 Å². The molecule has 27 heavy (non-hydrogen) atoms. The summed E-state index contributed by atoms with van der Waals surface area (Å²) < 4.78 is 15.9. The van der Waals surface area contributed by atoms with Gasteiger partial charge in [0, 0.05) is 38.8 Å². The fraction of sp³-hybridized carbons (Fsp3) is 0.350. The lowest BCUT2D eigenvalue weighted by Gasteiger charge is -2.23. The molecule has 0 aliphatic heterocycles. The van der Waals surface area contributed by atoms with Crippen LogP contribution in [0.1, 0.15) is 11.1 Å². The Kier molecular flexibility index (Phi) is 9.77. The highest BCUT2D eigenvalue weighted by molar-refractivity contribution is 14.0. The van der Waals surface area contributed by atoms with Crippen molar-refractivity contribution in [1.82, 2.24) is 10.2 Å². The molecule has 0 bridgehead atoms. The third-order valence-electron chi connectivity index (χ3n) is 4.08. The van der Waals surface area contributed by atoms with E-state index >= 15 is 0 Å². The van der Waals surface area contributed by atoms with Gasteiger partial charge >= 0.3 is 0 Å². The quantitative estimate of drug-likeness (QED) is 0.370. The van der Waals surface area contributed by atoms with Crippen LogP contribution in [-0.4, -0.2) is 46.3 Å². The molecule has 0 fully saturated rings. The number of rotatable bonds is 7. The number of methoxy groups -OCH3 is 3. The lowest BCUT2D eigenvalue weighted by molar-refractivity contribution is 0.390. The van der Waals surface area contributed by atoms with E-state index in [1.54, 1.807) is 28.4 Å². The first kappa shape index (κ1) is 22.9. The van der Waals surface area contributed by atoms with E-state index in [1.807, 2.05) is 37.4 Å². The molecule has 0 saturated heterocycles. The molecule has 7 heteroatoms. The first-order valence-electron chi connectivity index (χ1n) is 8.37. The Bertz CT molecular complexity index is 736. The van der Waals surface area contributed by atoms with Gasteiger partial charge in [0.25, 0.3) is 0 Å². The Labute approximate surface area is 178 Å². The van der Waals surface area contributed by atoms with Crippen molar-refractivity contribution in [3.8, 4) is 17.2 Å². The van der Waals surface area contributed by atoms with Gasteiger partial charge in [-0.3, -0.25) is 4.99 Å². The molecule has 0 atom stereocenters. The fourth-order valence-corrected chi connectivity index (χ4v) is 2.64. The van der Waals surface area contributed by atoms with Crippen molar-refractivity contribution in [3.63, 3.8) is 0 Å². The van der Waals surface area contributed by atoms with Crippen LogP contribution in [0.3, 0.4) is 0 Å². The highest BCUT2D eigenvalue weighted by Gasteiger charge is 2.10. The predicted molar refractivity (Wildman–Crippen MR) is 120 cm³/mol. The van der Waals surface area contributed by atoms with Crippen LogP contribution < -0.4 is 19.5 Å². The Morgan fingerprint density at radius 3 is 2.15 bits per heavy atom. The molecule has 148 valence electrons. The highest BCUT2D eigenvalue weighted by Crippen LogP contribution is 2.24. The maximum absolute atomic E-state index is 5.45. The number of aliphatic imine (C=N–C) groups is 1. The average molecular weight is 485 g/mol. The summed E-state index contributed by atoms with van der Waals surface area (Å²) in [4.78, 5) is 6.43. The SMILES string of the molecule is CN=C(NCc1ccc(OC)cc1OC)N(C)Cc1ccc(OC)cc1.I. The summed E-state index contributed by atoms with van der Waals surface area (Å²) in [5.74, 6) is 3.21. The zero-order valence-corrected chi connectivity index (χ0v) is 18.8. The van der Waals surface area contributed by atoms with Crippen LogP contribution in [0.4, 0.5) is 0 Å². The third-order valence-corrected chi connectivity index (χ3v) is 4.08. The number of nitrogens with zero attached hydrogens (tertiary/aromatic N) is 2. The van der Waals surface area contributed by atoms with Gasteiger partial charge in [-0.05, 0) is 29.8 Å². The van der Waals surface area contributed by atoms with Crippen LogP contribution in [0, 0.1) is 0 Å². The zero-order chi connectivity index (χ0) is 18.9. The molecule has 1 N–H and O–H groups in total. The minimum atomic E-state index is 0. The van der Waals surface area contributed by atoms with Crippen LogP contribution >= 0.6 is 24.0 Å². The second-order valence-electron chi connectivity index (χ2n) is 5.78. The topological polar surface area (TPSA) is 55.3 Å². The zero-order valence-electron chi connectivity index (χ0n) is 16.5. The minimum absolute atomic E-state index is 0. The molecule has 0 aromatic heterocycles. The molecule has 2 aromatic rings. The molecular weight excluding hydrogens is 457 g/mol. The number of hydrogen-bond donors (Lipinski definition) is 1. The summed E-state index contributed by atoms with van der Waals surface area (Å²) in [5, 5.41) is 3.37. The van der Waals surface area contributed by atoms with Gasteiger partial charge in [-0.25, -0.2) is 0 Å². The predicted octanol–water partition coefficient (Wildman–Crippen LogP) is 3.54. The standard InChI is InChI=1S/C20H27N3O3.HI/c1-21-20(23(2)14-15-6-9-17(24-3)10-7-15)22-13-16-8-11-18(25-4)12-19(16)26-5;/h6-12H,13-14H2,1-5H3,(H,21,22);1H. The Hall–Kier alpha value is -2.16. The lowest BCUT2D eigenvalue weighted by atomic mass is 10.2. The van der Waals surface area contributed by atoms with Crippen LogP contribution in [0.5, 0.6) is 17.2 Å². The third kappa shape index (κ3) is 6.50. The van der Waals surface area contributed by atoms with Gasteiger partial charge in [-0.15, -0.1) is 24.0 Å². The summed E-state index contributed by atoms with van der Waals surface area (Å²) >= 11 is 0. The second kappa shape index (κ2) is 11.5. The molecule has 0 aliphatic carbocycles. The van der Waals surface area contributed by atoms with Crippen molar-refractivity contribution in [2.24, 2.45) is 4.99 Å². The molecule has 6 nitrogen and oxygen atoms in total. The van der Waals surface area contributed by atoms with Gasteiger partial charge < -0.3 is 24.4 Å². The molecule has 0 heterocycles. The van der Waals surface area contributed by atoms with E-state index in [0.29, 0.717) is 6.54 Å². The van der Waals surface area contributed by atoms with Crippen molar-refractivity contribution in [1.29, 1.82) is 0 Å². The van der Waals surface area contributed by atoms with Crippen LogP contribution in [0.25, 0.3) is 0 Å². The van der Waals surface area contributed by atoms with Gasteiger partial charge in [0.2, 0.25) is 0 Å². The highest BCUT2D eigenvalue weighted by atomic mass is 127. The number of benzene rings is 2. The van der Waals surface area contributed by atoms with Crippen LogP contribution in [0.15, 0.2) is 47.5 Å². The largest absolute Gasteiger partial charge is 0.497 e. The van der Waals surface area contributed by atoms with Gasteiger partial charge in [-0.2, -0.15) is 0 Å². The van der Waals surface area contributed by atoms with E-state index in [1.165, 1.54) is 5.56 Å². The smallest absolute Gasteiger partial charge is 0.193 e. The van der Waals surface area contributed by atoms with E-state index in [-0.39, 0.29) is 24.0 Å². The molecule has 0 amide bonds. The Morgan fingerprint density at radius 1 is 0.963 bits per heavy atom. The van der Waals surface area contributed by atoms with Gasteiger partial charge in [0.1, 0.15) is 17.2 Å². The number of nitrogens with one attached hydrogen (secondary N) is 1. The lowest BCUT2D eigenvalue weighted by Crippen LogP contribution is -2.38. The number of guanidine groups is 1. The molecular formula is C20H28IN3O3. The van der Waals surface area contributed by atoms with Crippen LogP contribution in [-0.2, 0) is 13.1 Å². The summed E-state index contributed by atoms with van der Waals surface area (Å²) in [6.45, 7) is 1.34. The summed E-state index contributed by atoms with van der Waals surface area (Å²) in [7, 11) is 8.74. The van der Waals surface area contributed by atoms with Gasteiger partial charge in [-0.1, -0.05) is 12.1 Å². The molecule has 0 aliphatic rings. The van der Waals surface area contributed by atoms with Gasteiger partial charge in [0.15, 0.2) is 5.96 Å². The average Bonchev–Trinajstić information content (AvgIpc) is 2.69. The second-order valence-corrected chi connectivity index (χ2v) is 5.78. The van der Waals surface area contributed by atoms with Gasteiger partial charge in [0.05, 0.1) is 21.3 Å². The van der Waals surface area contributed by atoms with Crippen molar-refractivity contribution in [2.75, 3.05) is 35.4 Å². The molecule has 2 aromatic carbocycles. The van der Waals surface area contributed by atoms with Crippen molar-refractivity contribution >= 4 is 29.9 Å². The maximum Gasteiger partial charge on any atom is 0.193 e. The number of halogens is 1. The summed E-state index contributed by atoms with van der Waals surface area (Å²) in [6.07, 6.45) is 0. The number of ether oxygens (including phenoxy) is 3. The molecule has 0 spiro atoms. The number of hydrogen-bond acceptors (Lipinski definition) is 4. The fourth-order valence-electron chi connectivity index (χ4n) is 2.64. The molecule has 0 saturated carbocycles. The minimum Gasteiger partial charge on any atom is -0.497 e. The molecule has 2 rings (SSSR count). The normalized spacial score (nSPS) is 10.6. The van der Waals surface area contributed by atoms with E-state index in [4.69, 9.17) is 14.2 Å². The van der Waals surface area contributed by atoms with E-state index in [2.05, 4.69) is 27.3 Å². The molecule has 0 radical (unpaired) electrons. The van der Waals surface area contributed by atoms with Crippen molar-refractivity contribution in [2.45, 2.75) is 13.1 Å². The first-order valence-corrected chi connectivity index (χ1v) is 8.37. The maximum atomic E-state index is 5.45. The Morgan fingerprint density at radius 2 is 1.59 bits per heavy atom. The molecule has 0 unspecified atom stereocenters. The summed E-state index contributed by atoms with van der Waals surface area (Å²) in [5.41, 5.74) is 2.21. The van der Waals surface area contributed by atoms with Crippen LogP contribution in [0.2, 0.25) is 0 Å². The summed E-state index contributed by atoms with van der Waals surface area (Å²) in [6, 6.07) is 13.8. The first-order chi connectivity index (χ1) is 12.6. The van der Waals surface area contributed by atoms with Crippen molar-refractivity contribution < 1.29 is 14.2 Å².